The fourth-order valence-corrected chi connectivity index (χ4v) is 2.07. The summed E-state index contributed by atoms with van der Waals surface area (Å²) in [6.07, 6.45) is 3.29. The van der Waals surface area contributed by atoms with E-state index < -0.39 is 0 Å². The lowest BCUT2D eigenvalue weighted by Crippen LogP contribution is -2.25. The van der Waals surface area contributed by atoms with E-state index in [1.165, 1.54) is 18.4 Å². The minimum absolute atomic E-state index is 0.217. The van der Waals surface area contributed by atoms with Crippen LogP contribution in [-0.4, -0.2) is 11.0 Å². The van der Waals surface area contributed by atoms with Crippen LogP contribution in [0, 0.1) is 12.8 Å². The maximum absolute atomic E-state index is 6.06. The van der Waals surface area contributed by atoms with Crippen molar-refractivity contribution in [3.63, 3.8) is 0 Å². The molecule has 0 amide bonds. The highest BCUT2D eigenvalue weighted by molar-refractivity contribution is 5.73. The molecule has 1 aromatic heterocycles. The Bertz CT molecular complexity index is 514. The molecule has 3 nitrogen and oxygen atoms in total. The summed E-state index contributed by atoms with van der Waals surface area (Å²) >= 11 is 0. The van der Waals surface area contributed by atoms with Crippen LogP contribution in [0.25, 0.3) is 11.1 Å². The lowest BCUT2D eigenvalue weighted by Gasteiger charge is -2.05. The monoisotopic (exact) mass is 216 g/mol. The highest BCUT2D eigenvalue weighted by atomic mass is 16.3. The van der Waals surface area contributed by atoms with Gasteiger partial charge in [-0.3, -0.25) is 0 Å². The number of nitrogens with zero attached hydrogens (tertiary/aromatic N) is 1. The van der Waals surface area contributed by atoms with Gasteiger partial charge in [-0.15, -0.1) is 0 Å². The quantitative estimate of drug-likeness (QED) is 0.857. The van der Waals surface area contributed by atoms with Gasteiger partial charge in [-0.2, -0.15) is 0 Å². The first-order chi connectivity index (χ1) is 7.72. The van der Waals surface area contributed by atoms with E-state index >= 15 is 0 Å². The molecule has 3 rings (SSSR count). The third-order valence-electron chi connectivity index (χ3n) is 3.23. The second-order valence-electron chi connectivity index (χ2n) is 4.78. The summed E-state index contributed by atoms with van der Waals surface area (Å²) in [4.78, 5) is 4.48. The van der Waals surface area contributed by atoms with Crippen LogP contribution in [0.5, 0.6) is 0 Å². The molecule has 1 unspecified atom stereocenters. The summed E-state index contributed by atoms with van der Waals surface area (Å²) < 4.78 is 5.68. The summed E-state index contributed by atoms with van der Waals surface area (Å²) in [6.45, 7) is 2.06. The first-order valence-electron chi connectivity index (χ1n) is 5.84. The van der Waals surface area contributed by atoms with Gasteiger partial charge in [0.05, 0.1) is 0 Å². The van der Waals surface area contributed by atoms with E-state index in [0.717, 1.165) is 23.4 Å². The van der Waals surface area contributed by atoms with Crippen molar-refractivity contribution in [3.8, 4) is 0 Å². The summed E-state index contributed by atoms with van der Waals surface area (Å²) in [6, 6.07) is 6.28. The lowest BCUT2D eigenvalue weighted by molar-refractivity contribution is 0.475. The van der Waals surface area contributed by atoms with Crippen LogP contribution in [0.2, 0.25) is 0 Å². The normalized spacial score (nSPS) is 17.9. The number of benzene rings is 1. The fraction of sp³-hybridized carbons (Fsp3) is 0.462. The van der Waals surface area contributed by atoms with Crippen molar-refractivity contribution in [3.05, 3.63) is 29.7 Å². The summed E-state index contributed by atoms with van der Waals surface area (Å²) in [5.41, 5.74) is 9.08. The number of rotatable bonds is 3. The Hall–Kier alpha value is -1.35. The summed E-state index contributed by atoms with van der Waals surface area (Å²) in [7, 11) is 0. The third kappa shape index (κ3) is 1.83. The van der Waals surface area contributed by atoms with E-state index in [9.17, 15) is 0 Å². The Labute approximate surface area is 94.7 Å². The molecule has 0 saturated heterocycles. The molecule has 1 aliphatic rings. The van der Waals surface area contributed by atoms with Gasteiger partial charge >= 0.3 is 0 Å². The average molecular weight is 216 g/mol. The second-order valence-corrected chi connectivity index (χ2v) is 4.78. The zero-order chi connectivity index (χ0) is 11.1. The SMILES string of the molecule is Cc1ccc2oc(CC(N)C3CC3)nc2c1. The smallest absolute Gasteiger partial charge is 0.197 e. The van der Waals surface area contributed by atoms with Gasteiger partial charge in [0.1, 0.15) is 5.52 Å². The van der Waals surface area contributed by atoms with Crippen molar-refractivity contribution in [2.45, 2.75) is 32.2 Å². The van der Waals surface area contributed by atoms with Crippen LogP contribution in [-0.2, 0) is 6.42 Å². The molecule has 3 heteroatoms. The van der Waals surface area contributed by atoms with Crippen LogP contribution >= 0.6 is 0 Å². The van der Waals surface area contributed by atoms with Crippen LogP contribution in [0.1, 0.15) is 24.3 Å². The molecule has 1 fully saturated rings. The van der Waals surface area contributed by atoms with E-state index in [0.29, 0.717) is 5.92 Å². The minimum Gasteiger partial charge on any atom is -0.441 e. The first-order valence-corrected chi connectivity index (χ1v) is 5.84. The molecule has 0 radical (unpaired) electrons. The van der Waals surface area contributed by atoms with Gasteiger partial charge in [0.25, 0.3) is 0 Å². The molecule has 2 aromatic rings. The van der Waals surface area contributed by atoms with Gasteiger partial charge in [-0.1, -0.05) is 6.07 Å². The minimum atomic E-state index is 0.217. The highest BCUT2D eigenvalue weighted by Gasteiger charge is 2.29. The van der Waals surface area contributed by atoms with Gasteiger partial charge in [0.2, 0.25) is 0 Å². The van der Waals surface area contributed by atoms with Crippen molar-refractivity contribution >= 4 is 11.1 Å². The third-order valence-corrected chi connectivity index (χ3v) is 3.23. The van der Waals surface area contributed by atoms with Crippen molar-refractivity contribution < 1.29 is 4.42 Å². The Balaban J connectivity index is 1.86. The van der Waals surface area contributed by atoms with Crippen LogP contribution in [0.4, 0.5) is 0 Å². The van der Waals surface area contributed by atoms with Gasteiger partial charge in [-0.05, 0) is 43.4 Å². The number of hydrogen-bond donors (Lipinski definition) is 1. The maximum atomic E-state index is 6.06. The number of aromatic nitrogens is 1. The van der Waals surface area contributed by atoms with E-state index in [4.69, 9.17) is 10.2 Å². The number of aryl methyl sites for hydroxylation is 1. The van der Waals surface area contributed by atoms with Crippen molar-refractivity contribution in [1.29, 1.82) is 0 Å². The molecule has 1 aliphatic carbocycles. The molecule has 2 N–H and O–H groups in total. The predicted molar refractivity (Wildman–Crippen MR) is 63.1 cm³/mol. The molecule has 16 heavy (non-hydrogen) atoms. The Morgan fingerprint density at radius 2 is 2.31 bits per heavy atom. The number of fused-ring (bicyclic) bond motifs is 1. The highest BCUT2D eigenvalue weighted by Crippen LogP contribution is 2.33. The number of oxazole rings is 1. The van der Waals surface area contributed by atoms with Crippen molar-refractivity contribution in [2.75, 3.05) is 0 Å². The Morgan fingerprint density at radius 1 is 1.50 bits per heavy atom. The van der Waals surface area contributed by atoms with Crippen molar-refractivity contribution in [2.24, 2.45) is 11.7 Å². The molecule has 0 spiro atoms. The van der Waals surface area contributed by atoms with E-state index in [-0.39, 0.29) is 6.04 Å². The van der Waals surface area contributed by atoms with Gasteiger partial charge in [-0.25, -0.2) is 4.98 Å². The van der Waals surface area contributed by atoms with Crippen LogP contribution in [0.3, 0.4) is 0 Å². The molecule has 1 atom stereocenters. The molecule has 0 bridgehead atoms. The molecule has 84 valence electrons. The average Bonchev–Trinajstić information content (AvgIpc) is 3.00. The van der Waals surface area contributed by atoms with Gasteiger partial charge in [0.15, 0.2) is 11.5 Å². The first kappa shape index (κ1) is 9.85. The standard InChI is InChI=1S/C13H16N2O/c1-8-2-5-12-11(6-8)15-13(16-12)7-10(14)9-3-4-9/h2,5-6,9-10H,3-4,7,14H2,1H3. The van der Waals surface area contributed by atoms with E-state index in [1.807, 2.05) is 18.2 Å². The number of nitrogens with two attached hydrogens (primary N) is 1. The van der Waals surface area contributed by atoms with E-state index in [2.05, 4.69) is 11.9 Å². The topological polar surface area (TPSA) is 52.0 Å². The van der Waals surface area contributed by atoms with Gasteiger partial charge in [0, 0.05) is 12.5 Å². The zero-order valence-corrected chi connectivity index (χ0v) is 9.44. The van der Waals surface area contributed by atoms with Crippen molar-refractivity contribution in [1.82, 2.24) is 4.98 Å². The summed E-state index contributed by atoms with van der Waals surface area (Å²) in [5, 5.41) is 0. The number of hydrogen-bond acceptors (Lipinski definition) is 3. The zero-order valence-electron chi connectivity index (χ0n) is 9.44. The second kappa shape index (κ2) is 3.59. The van der Waals surface area contributed by atoms with E-state index in [1.54, 1.807) is 0 Å². The lowest BCUT2D eigenvalue weighted by atomic mass is 10.1. The molecule has 1 aromatic carbocycles. The summed E-state index contributed by atoms with van der Waals surface area (Å²) in [5.74, 6) is 1.47. The molecular weight excluding hydrogens is 200 g/mol. The fourth-order valence-electron chi connectivity index (χ4n) is 2.07. The predicted octanol–water partition coefficient (Wildman–Crippen LogP) is 2.42. The molecular formula is C13H16N2O. The van der Waals surface area contributed by atoms with Gasteiger partial charge < -0.3 is 10.2 Å². The van der Waals surface area contributed by atoms with Crippen LogP contribution in [0.15, 0.2) is 22.6 Å². The molecule has 1 heterocycles. The Kier molecular flexibility index (Phi) is 2.21. The maximum Gasteiger partial charge on any atom is 0.197 e. The molecule has 1 saturated carbocycles. The Morgan fingerprint density at radius 3 is 3.06 bits per heavy atom. The molecule has 0 aliphatic heterocycles. The van der Waals surface area contributed by atoms with Crippen LogP contribution < -0.4 is 5.73 Å². The largest absolute Gasteiger partial charge is 0.441 e.